The third-order valence-corrected chi connectivity index (χ3v) is 5.78. The van der Waals surface area contributed by atoms with Gasteiger partial charge in [0, 0.05) is 38.3 Å². The molecule has 0 radical (unpaired) electrons. The zero-order valence-electron chi connectivity index (χ0n) is 17.7. The highest BCUT2D eigenvalue weighted by atomic mass is 16.6. The third-order valence-electron chi connectivity index (χ3n) is 5.78. The Morgan fingerprint density at radius 3 is 2.68 bits per heavy atom. The molecule has 0 spiro atoms. The molecular weight excluding hydrogens is 400 g/mol. The number of ether oxygens (including phenoxy) is 1. The van der Waals surface area contributed by atoms with Crippen LogP contribution in [0.1, 0.15) is 32.6 Å². The summed E-state index contributed by atoms with van der Waals surface area (Å²) in [6.07, 6.45) is 7.54. The Morgan fingerprint density at radius 1 is 1.13 bits per heavy atom. The predicted molar refractivity (Wildman–Crippen MR) is 112 cm³/mol. The maximum absolute atomic E-state index is 12.9. The molecule has 11 nitrogen and oxygen atoms in total. The lowest BCUT2D eigenvalue weighted by Gasteiger charge is -2.35. The molecule has 2 aliphatic heterocycles. The van der Waals surface area contributed by atoms with Crippen LogP contribution in [0.15, 0.2) is 25.0 Å². The first-order valence-corrected chi connectivity index (χ1v) is 10.8. The van der Waals surface area contributed by atoms with Crippen LogP contribution in [-0.4, -0.2) is 80.5 Å². The van der Waals surface area contributed by atoms with Crippen LogP contribution in [0.2, 0.25) is 0 Å². The van der Waals surface area contributed by atoms with Gasteiger partial charge in [0.05, 0.1) is 12.5 Å². The van der Waals surface area contributed by atoms with Gasteiger partial charge in [0.25, 0.3) is 0 Å². The molecule has 2 amide bonds. The minimum Gasteiger partial charge on any atom is -0.450 e. The molecule has 0 aromatic carbocycles. The first-order chi connectivity index (χ1) is 15.1. The van der Waals surface area contributed by atoms with Gasteiger partial charge in [0.1, 0.15) is 24.8 Å². The molecule has 2 aromatic heterocycles. The Balaban J connectivity index is 1.31. The first kappa shape index (κ1) is 21.0. The number of piperidine rings is 2. The lowest BCUT2D eigenvalue weighted by Crippen LogP contribution is -2.50. The van der Waals surface area contributed by atoms with Crippen molar-refractivity contribution in [2.75, 3.05) is 37.7 Å². The van der Waals surface area contributed by atoms with Crippen molar-refractivity contribution in [2.45, 2.75) is 38.6 Å². The molecule has 2 aliphatic rings. The normalized spacial score (nSPS) is 19.8. The van der Waals surface area contributed by atoms with Crippen molar-refractivity contribution in [3.8, 4) is 5.82 Å². The number of amides is 2. The average molecular weight is 428 g/mol. The summed E-state index contributed by atoms with van der Waals surface area (Å²) >= 11 is 0. The Labute approximate surface area is 180 Å². The molecule has 31 heavy (non-hydrogen) atoms. The largest absolute Gasteiger partial charge is 0.450 e. The van der Waals surface area contributed by atoms with Crippen LogP contribution in [0.5, 0.6) is 0 Å². The molecular formula is C20H28N8O3. The quantitative estimate of drug-likeness (QED) is 0.750. The number of rotatable bonds is 5. The Morgan fingerprint density at radius 2 is 1.94 bits per heavy atom. The Kier molecular flexibility index (Phi) is 6.58. The fourth-order valence-electron chi connectivity index (χ4n) is 4.10. The number of nitrogens with zero attached hydrogens (tertiary/aromatic N) is 7. The number of aromatic nitrogens is 5. The molecule has 4 rings (SSSR count). The molecule has 1 atom stereocenters. The van der Waals surface area contributed by atoms with Crippen LogP contribution in [0.3, 0.4) is 0 Å². The van der Waals surface area contributed by atoms with Gasteiger partial charge in [-0.25, -0.2) is 24.4 Å². The van der Waals surface area contributed by atoms with Crippen molar-refractivity contribution in [1.82, 2.24) is 34.9 Å². The lowest BCUT2D eigenvalue weighted by molar-refractivity contribution is -0.126. The van der Waals surface area contributed by atoms with Crippen LogP contribution < -0.4 is 10.2 Å². The van der Waals surface area contributed by atoms with E-state index in [0.717, 1.165) is 38.0 Å². The van der Waals surface area contributed by atoms with Gasteiger partial charge >= 0.3 is 6.09 Å². The van der Waals surface area contributed by atoms with E-state index < -0.39 is 0 Å². The van der Waals surface area contributed by atoms with E-state index in [1.54, 1.807) is 22.8 Å². The highest BCUT2D eigenvalue weighted by molar-refractivity contribution is 5.80. The summed E-state index contributed by atoms with van der Waals surface area (Å²) < 4.78 is 6.64. The number of carbonyl (C=O) groups excluding carboxylic acids is 2. The van der Waals surface area contributed by atoms with E-state index in [-0.39, 0.29) is 24.0 Å². The molecule has 0 aliphatic carbocycles. The summed E-state index contributed by atoms with van der Waals surface area (Å²) in [5, 5.41) is 7.29. The molecule has 2 aromatic rings. The minimum absolute atomic E-state index is 0.0739. The van der Waals surface area contributed by atoms with Gasteiger partial charge in [-0.15, -0.1) is 0 Å². The molecule has 0 unspecified atom stereocenters. The van der Waals surface area contributed by atoms with Gasteiger partial charge in [0.2, 0.25) is 5.91 Å². The Bertz CT molecular complexity index is 882. The number of likely N-dealkylation sites (tertiary alicyclic amines) is 1. The fraction of sp³-hybridized carbons (Fsp3) is 0.600. The minimum atomic E-state index is -0.273. The summed E-state index contributed by atoms with van der Waals surface area (Å²) in [7, 11) is 0. The van der Waals surface area contributed by atoms with E-state index >= 15 is 0 Å². The van der Waals surface area contributed by atoms with E-state index in [0.29, 0.717) is 32.1 Å². The van der Waals surface area contributed by atoms with Gasteiger partial charge in [-0.3, -0.25) is 4.79 Å². The van der Waals surface area contributed by atoms with Crippen molar-refractivity contribution >= 4 is 17.8 Å². The van der Waals surface area contributed by atoms with E-state index in [1.807, 2.05) is 6.07 Å². The van der Waals surface area contributed by atoms with Gasteiger partial charge in [0.15, 0.2) is 5.82 Å². The van der Waals surface area contributed by atoms with Gasteiger partial charge in [-0.2, -0.15) is 5.10 Å². The topological polar surface area (TPSA) is 118 Å². The number of nitrogens with one attached hydrogen (secondary N) is 1. The SMILES string of the molecule is CCOC(=O)N1CCC(NC(=O)[C@@H]2CCCN(c3cc(-n4cncn4)ncn3)C2)CC1. The number of anilines is 1. The third kappa shape index (κ3) is 5.09. The van der Waals surface area contributed by atoms with Crippen LogP contribution in [0.4, 0.5) is 10.6 Å². The number of hydrogen-bond donors (Lipinski definition) is 1. The summed E-state index contributed by atoms with van der Waals surface area (Å²) in [5.74, 6) is 1.40. The fourth-order valence-corrected chi connectivity index (χ4v) is 4.10. The number of hydrogen-bond acceptors (Lipinski definition) is 8. The number of carbonyl (C=O) groups is 2. The van der Waals surface area contributed by atoms with E-state index in [1.165, 1.54) is 12.7 Å². The van der Waals surface area contributed by atoms with Gasteiger partial charge in [-0.1, -0.05) is 0 Å². The van der Waals surface area contributed by atoms with Gasteiger partial charge < -0.3 is 19.9 Å². The molecule has 0 saturated carbocycles. The molecule has 2 fully saturated rings. The van der Waals surface area contributed by atoms with Gasteiger partial charge in [-0.05, 0) is 32.6 Å². The highest BCUT2D eigenvalue weighted by Crippen LogP contribution is 2.23. The van der Waals surface area contributed by atoms with Crippen molar-refractivity contribution in [1.29, 1.82) is 0 Å². The van der Waals surface area contributed by atoms with Crippen LogP contribution in [-0.2, 0) is 9.53 Å². The maximum Gasteiger partial charge on any atom is 0.409 e. The molecule has 1 N–H and O–H groups in total. The molecule has 11 heteroatoms. The average Bonchev–Trinajstić information content (AvgIpc) is 3.35. The lowest BCUT2D eigenvalue weighted by atomic mass is 9.95. The van der Waals surface area contributed by atoms with Crippen molar-refractivity contribution in [3.05, 3.63) is 25.0 Å². The van der Waals surface area contributed by atoms with Crippen LogP contribution in [0, 0.1) is 5.92 Å². The molecule has 0 bridgehead atoms. The summed E-state index contributed by atoms with van der Waals surface area (Å²) in [6, 6.07) is 1.95. The Hall–Kier alpha value is -3.24. The highest BCUT2D eigenvalue weighted by Gasteiger charge is 2.30. The van der Waals surface area contributed by atoms with E-state index in [4.69, 9.17) is 4.74 Å². The van der Waals surface area contributed by atoms with E-state index in [9.17, 15) is 9.59 Å². The molecule has 4 heterocycles. The zero-order valence-corrected chi connectivity index (χ0v) is 17.7. The van der Waals surface area contributed by atoms with Crippen molar-refractivity contribution in [3.63, 3.8) is 0 Å². The zero-order chi connectivity index (χ0) is 21.6. The van der Waals surface area contributed by atoms with Crippen LogP contribution in [0.25, 0.3) is 5.82 Å². The van der Waals surface area contributed by atoms with Crippen molar-refractivity contribution < 1.29 is 14.3 Å². The smallest absolute Gasteiger partial charge is 0.409 e. The second-order valence-corrected chi connectivity index (χ2v) is 7.83. The first-order valence-electron chi connectivity index (χ1n) is 10.8. The second kappa shape index (κ2) is 9.71. The molecule has 2 saturated heterocycles. The molecule has 166 valence electrons. The summed E-state index contributed by atoms with van der Waals surface area (Å²) in [6.45, 7) is 4.84. The predicted octanol–water partition coefficient (Wildman–Crippen LogP) is 1.01. The monoisotopic (exact) mass is 428 g/mol. The summed E-state index contributed by atoms with van der Waals surface area (Å²) in [5.41, 5.74) is 0. The van der Waals surface area contributed by atoms with Crippen molar-refractivity contribution in [2.24, 2.45) is 5.92 Å². The summed E-state index contributed by atoms with van der Waals surface area (Å²) in [4.78, 5) is 41.2. The second-order valence-electron chi connectivity index (χ2n) is 7.83. The van der Waals surface area contributed by atoms with Crippen LogP contribution >= 0.6 is 0 Å². The standard InChI is InChI=1S/C20H28N8O3/c1-2-31-20(30)26-8-5-16(6-9-26)25-19(29)15-4-3-7-27(11-15)17-10-18(23-13-22-17)28-14-21-12-24-28/h10,12-16H,2-9,11H2,1H3,(H,25,29)/t15-/m1/s1. The van der Waals surface area contributed by atoms with E-state index in [2.05, 4.69) is 30.3 Å². The maximum atomic E-state index is 12.9.